The number of hydrogen-bond donors (Lipinski definition) is 1. The highest BCUT2D eigenvalue weighted by Gasteiger charge is 2.12. The van der Waals surface area contributed by atoms with Crippen LogP contribution in [-0.2, 0) is 6.54 Å². The lowest BCUT2D eigenvalue weighted by Gasteiger charge is -2.11. The van der Waals surface area contributed by atoms with E-state index in [0.717, 1.165) is 5.56 Å². The van der Waals surface area contributed by atoms with E-state index in [0.29, 0.717) is 29.7 Å². The van der Waals surface area contributed by atoms with Gasteiger partial charge >= 0.3 is 0 Å². The maximum Gasteiger partial charge on any atom is 0.272 e. The number of benzene rings is 2. The molecule has 0 spiro atoms. The van der Waals surface area contributed by atoms with Gasteiger partial charge in [0, 0.05) is 37.1 Å². The van der Waals surface area contributed by atoms with Gasteiger partial charge in [-0.3, -0.25) is 14.9 Å². The summed E-state index contributed by atoms with van der Waals surface area (Å²) in [6.45, 7) is 2.66. The fourth-order valence-corrected chi connectivity index (χ4v) is 3.11. The van der Waals surface area contributed by atoms with Crippen LogP contribution in [0.3, 0.4) is 0 Å². The number of ether oxygens (including phenoxy) is 2. The number of carbonyl (C=O) groups excluding carboxylic acids is 1. The zero-order chi connectivity index (χ0) is 23.9. The van der Waals surface area contributed by atoms with E-state index >= 15 is 0 Å². The minimum Gasteiger partial charge on any atom is -0.490 e. The van der Waals surface area contributed by atoms with Crippen molar-refractivity contribution in [1.82, 2.24) is 20.1 Å². The third-order valence-electron chi connectivity index (χ3n) is 4.74. The van der Waals surface area contributed by atoms with Gasteiger partial charge in [0.25, 0.3) is 11.6 Å². The van der Waals surface area contributed by atoms with E-state index in [4.69, 9.17) is 9.47 Å². The van der Waals surface area contributed by atoms with Crippen LogP contribution < -0.4 is 14.8 Å². The van der Waals surface area contributed by atoms with E-state index in [1.165, 1.54) is 16.8 Å². The zero-order valence-corrected chi connectivity index (χ0v) is 18.2. The van der Waals surface area contributed by atoms with Crippen molar-refractivity contribution in [3.63, 3.8) is 0 Å². The first-order valence-corrected chi connectivity index (χ1v) is 10.5. The number of rotatable bonds is 9. The Morgan fingerprint density at radius 3 is 2.65 bits per heavy atom. The summed E-state index contributed by atoms with van der Waals surface area (Å²) in [6.07, 6.45) is 3.18. The lowest BCUT2D eigenvalue weighted by atomic mass is 10.2. The molecule has 0 unspecified atom stereocenters. The number of non-ortho nitro benzene ring substituents is 1. The largest absolute Gasteiger partial charge is 0.490 e. The van der Waals surface area contributed by atoms with Crippen LogP contribution in [-0.4, -0.2) is 32.2 Å². The Morgan fingerprint density at radius 1 is 1.09 bits per heavy atom. The van der Waals surface area contributed by atoms with Crippen molar-refractivity contribution in [2.45, 2.75) is 13.5 Å². The zero-order valence-electron chi connectivity index (χ0n) is 18.2. The van der Waals surface area contributed by atoms with Gasteiger partial charge in [-0.25, -0.2) is 9.67 Å². The predicted octanol–water partition coefficient (Wildman–Crippen LogP) is 4.30. The maximum absolute atomic E-state index is 12.5. The van der Waals surface area contributed by atoms with E-state index in [1.54, 1.807) is 48.8 Å². The molecule has 172 valence electrons. The highest BCUT2D eigenvalue weighted by Crippen LogP contribution is 2.30. The van der Waals surface area contributed by atoms with E-state index in [1.807, 2.05) is 25.1 Å². The number of carbonyl (C=O) groups is 1. The molecule has 34 heavy (non-hydrogen) atoms. The molecule has 4 rings (SSSR count). The molecule has 0 aliphatic carbocycles. The van der Waals surface area contributed by atoms with Crippen LogP contribution in [0.2, 0.25) is 0 Å². The van der Waals surface area contributed by atoms with Crippen LogP contribution in [0.15, 0.2) is 79.1 Å². The summed E-state index contributed by atoms with van der Waals surface area (Å²) in [5.41, 5.74) is 1.39. The summed E-state index contributed by atoms with van der Waals surface area (Å²) in [7, 11) is 0. The van der Waals surface area contributed by atoms with Gasteiger partial charge in [0.05, 0.1) is 17.2 Å². The van der Waals surface area contributed by atoms with Gasteiger partial charge in [0.15, 0.2) is 17.2 Å². The van der Waals surface area contributed by atoms with E-state index in [-0.39, 0.29) is 23.8 Å². The van der Waals surface area contributed by atoms with Crippen LogP contribution in [0.1, 0.15) is 23.0 Å². The molecule has 0 bridgehead atoms. The van der Waals surface area contributed by atoms with Crippen molar-refractivity contribution in [1.29, 1.82) is 0 Å². The van der Waals surface area contributed by atoms with Gasteiger partial charge in [-0.1, -0.05) is 24.3 Å². The lowest BCUT2D eigenvalue weighted by Crippen LogP contribution is -2.23. The van der Waals surface area contributed by atoms with E-state index in [9.17, 15) is 14.9 Å². The van der Waals surface area contributed by atoms with Crippen molar-refractivity contribution in [3.05, 3.63) is 100 Å². The first kappa shape index (κ1) is 22.5. The highest BCUT2D eigenvalue weighted by molar-refractivity contribution is 5.92. The van der Waals surface area contributed by atoms with Gasteiger partial charge in [-0.05, 0) is 36.8 Å². The Kier molecular flexibility index (Phi) is 6.78. The number of nitro benzene ring substituents is 1. The molecule has 0 radical (unpaired) electrons. The average Bonchev–Trinajstić information content (AvgIpc) is 3.35. The average molecular weight is 459 g/mol. The van der Waals surface area contributed by atoms with Gasteiger partial charge in [-0.15, -0.1) is 0 Å². The number of amides is 1. The van der Waals surface area contributed by atoms with Gasteiger partial charge < -0.3 is 14.8 Å². The van der Waals surface area contributed by atoms with Crippen LogP contribution >= 0.6 is 0 Å². The number of hydrogen-bond acceptors (Lipinski definition) is 7. The Labute approximate surface area is 194 Å². The first-order chi connectivity index (χ1) is 16.5. The third kappa shape index (κ3) is 5.36. The second-order valence-electron chi connectivity index (χ2n) is 7.09. The van der Waals surface area contributed by atoms with Gasteiger partial charge in [0.1, 0.15) is 0 Å². The van der Waals surface area contributed by atoms with Crippen LogP contribution in [0.4, 0.5) is 5.69 Å². The number of nitrogens with zero attached hydrogens (tertiary/aromatic N) is 4. The molecule has 0 saturated heterocycles. The molecule has 1 N–H and O–H groups in total. The van der Waals surface area contributed by atoms with Crippen LogP contribution in [0, 0.1) is 10.1 Å². The molecule has 1 amide bonds. The summed E-state index contributed by atoms with van der Waals surface area (Å²) in [4.78, 5) is 27.3. The van der Waals surface area contributed by atoms with Crippen LogP contribution in [0.25, 0.3) is 5.69 Å². The number of pyridine rings is 1. The summed E-state index contributed by atoms with van der Waals surface area (Å²) < 4.78 is 12.8. The smallest absolute Gasteiger partial charge is 0.272 e. The Balaban J connectivity index is 1.36. The van der Waals surface area contributed by atoms with Crippen molar-refractivity contribution < 1.29 is 19.2 Å². The van der Waals surface area contributed by atoms with Crippen molar-refractivity contribution in [2.75, 3.05) is 6.61 Å². The molecule has 0 fully saturated rings. The molecule has 10 heteroatoms. The Bertz CT molecular complexity index is 1300. The fraction of sp³-hybridized carbons (Fsp3) is 0.125. The summed E-state index contributed by atoms with van der Waals surface area (Å²) in [6, 6.07) is 18.4. The number of aromatic nitrogens is 3. The Hall–Kier alpha value is -4.73. The van der Waals surface area contributed by atoms with Gasteiger partial charge in [0.2, 0.25) is 5.88 Å². The standard InChI is InChI=1S/C24H21N5O5/c1-2-33-21-8-3-4-9-22(21)34-23-11-10-17(15-25-23)16-26-24(30)20-12-13-28(27-20)18-6-5-7-19(14-18)29(31)32/h3-15H,2,16H2,1H3,(H,26,30). The first-order valence-electron chi connectivity index (χ1n) is 10.5. The molecular weight excluding hydrogens is 438 g/mol. The summed E-state index contributed by atoms with van der Waals surface area (Å²) in [5.74, 6) is 1.22. The minimum atomic E-state index is -0.483. The number of para-hydroxylation sites is 2. The molecule has 2 aromatic heterocycles. The molecule has 4 aromatic rings. The van der Waals surface area contributed by atoms with E-state index in [2.05, 4.69) is 15.4 Å². The highest BCUT2D eigenvalue weighted by atomic mass is 16.6. The summed E-state index contributed by atoms with van der Waals surface area (Å²) in [5, 5.41) is 18.0. The predicted molar refractivity (Wildman–Crippen MR) is 123 cm³/mol. The molecule has 0 aliphatic heterocycles. The SMILES string of the molecule is CCOc1ccccc1Oc1ccc(CNC(=O)c2ccn(-c3cccc([N+](=O)[O-])c3)n2)cn1. The molecule has 0 atom stereocenters. The minimum absolute atomic E-state index is 0.0553. The molecule has 2 heterocycles. The normalized spacial score (nSPS) is 10.5. The van der Waals surface area contributed by atoms with E-state index < -0.39 is 4.92 Å². The molecule has 0 saturated carbocycles. The lowest BCUT2D eigenvalue weighted by molar-refractivity contribution is -0.384. The van der Waals surface area contributed by atoms with Crippen molar-refractivity contribution in [3.8, 4) is 23.1 Å². The number of nitro groups is 1. The molecule has 0 aliphatic rings. The number of nitrogens with one attached hydrogen (secondary N) is 1. The monoisotopic (exact) mass is 459 g/mol. The third-order valence-corrected chi connectivity index (χ3v) is 4.74. The maximum atomic E-state index is 12.5. The Morgan fingerprint density at radius 2 is 1.91 bits per heavy atom. The molecular formula is C24H21N5O5. The summed E-state index contributed by atoms with van der Waals surface area (Å²) >= 11 is 0. The van der Waals surface area contributed by atoms with Gasteiger partial charge in [-0.2, -0.15) is 5.10 Å². The topological polar surface area (TPSA) is 121 Å². The molecule has 10 nitrogen and oxygen atoms in total. The second-order valence-corrected chi connectivity index (χ2v) is 7.09. The molecule has 2 aromatic carbocycles. The quantitative estimate of drug-likeness (QED) is 0.293. The fourth-order valence-electron chi connectivity index (χ4n) is 3.11. The van der Waals surface area contributed by atoms with Crippen molar-refractivity contribution >= 4 is 11.6 Å². The van der Waals surface area contributed by atoms with Crippen LogP contribution in [0.5, 0.6) is 17.4 Å². The van der Waals surface area contributed by atoms with Crippen molar-refractivity contribution in [2.24, 2.45) is 0 Å². The second kappa shape index (κ2) is 10.3.